The van der Waals surface area contributed by atoms with E-state index in [9.17, 15) is 14.9 Å². The number of nitrogens with zero attached hydrogens (tertiary/aromatic N) is 1. The summed E-state index contributed by atoms with van der Waals surface area (Å²) >= 11 is 0. The molecule has 0 saturated carbocycles. The average Bonchev–Trinajstić information content (AvgIpc) is 2.54. The molecule has 0 unspecified atom stereocenters. The van der Waals surface area contributed by atoms with Gasteiger partial charge in [0.2, 0.25) is 0 Å². The number of methoxy groups -OCH3 is 1. The van der Waals surface area contributed by atoms with Crippen LogP contribution in [0.4, 0.5) is 11.4 Å². The Balaban J connectivity index is 2.25. The van der Waals surface area contributed by atoms with E-state index in [4.69, 9.17) is 9.84 Å². The summed E-state index contributed by atoms with van der Waals surface area (Å²) in [6.45, 7) is -0.141. The molecule has 0 radical (unpaired) electrons. The van der Waals surface area contributed by atoms with Gasteiger partial charge in [-0.25, -0.2) is 0 Å². The summed E-state index contributed by atoms with van der Waals surface area (Å²) in [7, 11) is 1.32. The molecule has 2 aromatic rings. The highest BCUT2D eigenvalue weighted by molar-refractivity contribution is 6.04. The molecular formula is C15H14N2O5. The molecule has 0 atom stereocenters. The van der Waals surface area contributed by atoms with Crippen molar-refractivity contribution >= 4 is 17.3 Å². The molecule has 0 heterocycles. The Morgan fingerprint density at radius 2 is 2.09 bits per heavy atom. The number of anilines is 1. The number of aliphatic hydroxyl groups excluding tert-OH is 1. The van der Waals surface area contributed by atoms with Crippen molar-refractivity contribution in [3.63, 3.8) is 0 Å². The number of nitro benzene ring substituents is 1. The first kappa shape index (κ1) is 15.5. The van der Waals surface area contributed by atoms with Crippen LogP contribution in [-0.4, -0.2) is 23.0 Å². The lowest BCUT2D eigenvalue weighted by atomic mass is 10.1. The first-order valence-corrected chi connectivity index (χ1v) is 6.38. The van der Waals surface area contributed by atoms with E-state index in [0.717, 1.165) is 6.07 Å². The van der Waals surface area contributed by atoms with E-state index >= 15 is 0 Å². The van der Waals surface area contributed by atoms with E-state index in [2.05, 4.69) is 5.32 Å². The van der Waals surface area contributed by atoms with Crippen LogP contribution in [0, 0.1) is 10.1 Å². The summed E-state index contributed by atoms with van der Waals surface area (Å²) in [6, 6.07) is 10.7. The second-order valence-corrected chi connectivity index (χ2v) is 4.46. The number of carbonyl (C=O) groups excluding carboxylic acids is 1. The molecule has 2 aromatic carbocycles. The molecule has 0 fully saturated rings. The van der Waals surface area contributed by atoms with Gasteiger partial charge in [-0.15, -0.1) is 0 Å². The number of amides is 1. The zero-order valence-corrected chi connectivity index (χ0v) is 11.8. The third-order valence-corrected chi connectivity index (χ3v) is 3.01. The van der Waals surface area contributed by atoms with Gasteiger partial charge < -0.3 is 15.2 Å². The molecule has 0 aliphatic heterocycles. The van der Waals surface area contributed by atoms with Crippen molar-refractivity contribution in [3.8, 4) is 5.75 Å². The smallest absolute Gasteiger partial charge is 0.311 e. The minimum absolute atomic E-state index is 0.0869. The van der Waals surface area contributed by atoms with Gasteiger partial charge >= 0.3 is 5.69 Å². The van der Waals surface area contributed by atoms with Crippen molar-refractivity contribution in [1.29, 1.82) is 0 Å². The maximum absolute atomic E-state index is 12.2. The van der Waals surface area contributed by atoms with E-state index < -0.39 is 10.8 Å². The zero-order chi connectivity index (χ0) is 16.1. The molecule has 2 rings (SSSR count). The normalized spacial score (nSPS) is 10.1. The Hall–Kier alpha value is -2.93. The first-order chi connectivity index (χ1) is 10.5. The van der Waals surface area contributed by atoms with E-state index in [1.54, 1.807) is 24.3 Å². The molecule has 1 amide bonds. The third-order valence-electron chi connectivity index (χ3n) is 3.01. The lowest BCUT2D eigenvalue weighted by Crippen LogP contribution is -2.12. The van der Waals surface area contributed by atoms with Gasteiger partial charge in [-0.1, -0.05) is 12.1 Å². The van der Waals surface area contributed by atoms with Crippen LogP contribution in [0.25, 0.3) is 0 Å². The van der Waals surface area contributed by atoms with Gasteiger partial charge in [0.05, 0.1) is 18.6 Å². The Bertz CT molecular complexity index is 715. The van der Waals surface area contributed by atoms with Crippen LogP contribution in [0.5, 0.6) is 5.75 Å². The summed E-state index contributed by atoms with van der Waals surface area (Å²) < 4.78 is 4.89. The van der Waals surface area contributed by atoms with Crippen molar-refractivity contribution in [1.82, 2.24) is 0 Å². The van der Waals surface area contributed by atoms with Crippen LogP contribution < -0.4 is 10.1 Å². The number of benzene rings is 2. The lowest BCUT2D eigenvalue weighted by Gasteiger charge is -2.08. The Kier molecular flexibility index (Phi) is 4.70. The van der Waals surface area contributed by atoms with Crippen molar-refractivity contribution in [3.05, 3.63) is 63.7 Å². The van der Waals surface area contributed by atoms with E-state index in [1.807, 2.05) is 0 Å². The quantitative estimate of drug-likeness (QED) is 0.652. The Morgan fingerprint density at radius 3 is 2.73 bits per heavy atom. The minimum atomic E-state index is -0.609. The topological polar surface area (TPSA) is 102 Å². The third kappa shape index (κ3) is 3.39. The number of nitrogens with one attached hydrogen (secondary N) is 1. The summed E-state index contributed by atoms with van der Waals surface area (Å²) in [4.78, 5) is 22.5. The van der Waals surface area contributed by atoms with Crippen LogP contribution in [0.3, 0.4) is 0 Å². The number of carbonyl (C=O) groups is 1. The number of rotatable bonds is 5. The molecule has 2 N–H and O–H groups in total. The molecular weight excluding hydrogens is 288 g/mol. The van der Waals surface area contributed by atoms with Crippen LogP contribution in [0.1, 0.15) is 15.9 Å². The number of hydrogen-bond acceptors (Lipinski definition) is 5. The van der Waals surface area contributed by atoms with Gasteiger partial charge in [0.25, 0.3) is 5.91 Å². The number of hydrogen-bond donors (Lipinski definition) is 2. The van der Waals surface area contributed by atoms with Crippen LogP contribution in [-0.2, 0) is 6.61 Å². The van der Waals surface area contributed by atoms with Crippen molar-refractivity contribution in [2.45, 2.75) is 6.61 Å². The van der Waals surface area contributed by atoms with Gasteiger partial charge in [-0.2, -0.15) is 0 Å². The maximum atomic E-state index is 12.2. The van der Waals surface area contributed by atoms with E-state index in [0.29, 0.717) is 11.3 Å². The highest BCUT2D eigenvalue weighted by atomic mass is 16.6. The summed E-state index contributed by atoms with van der Waals surface area (Å²) in [6.07, 6.45) is 0. The van der Waals surface area contributed by atoms with Crippen molar-refractivity contribution in [2.24, 2.45) is 0 Å². The molecule has 0 saturated heterocycles. The maximum Gasteiger partial charge on any atom is 0.311 e. The van der Waals surface area contributed by atoms with Crippen molar-refractivity contribution < 1.29 is 19.6 Å². The van der Waals surface area contributed by atoms with Crippen LogP contribution >= 0.6 is 0 Å². The fourth-order valence-corrected chi connectivity index (χ4v) is 1.92. The predicted octanol–water partition coefficient (Wildman–Crippen LogP) is 2.35. The van der Waals surface area contributed by atoms with Crippen LogP contribution in [0.2, 0.25) is 0 Å². The summed E-state index contributed by atoms with van der Waals surface area (Å²) in [5, 5.41) is 22.7. The predicted molar refractivity (Wildman–Crippen MR) is 80.0 cm³/mol. The fourth-order valence-electron chi connectivity index (χ4n) is 1.92. The molecule has 114 valence electrons. The molecule has 7 nitrogen and oxygen atoms in total. The van der Waals surface area contributed by atoms with E-state index in [1.165, 1.54) is 19.2 Å². The van der Waals surface area contributed by atoms with Gasteiger partial charge in [0, 0.05) is 17.3 Å². The Morgan fingerprint density at radius 1 is 1.32 bits per heavy atom. The van der Waals surface area contributed by atoms with Gasteiger partial charge in [-0.3, -0.25) is 14.9 Å². The zero-order valence-electron chi connectivity index (χ0n) is 11.8. The highest BCUT2D eigenvalue weighted by Crippen LogP contribution is 2.27. The minimum Gasteiger partial charge on any atom is -0.490 e. The molecule has 22 heavy (non-hydrogen) atoms. The lowest BCUT2D eigenvalue weighted by molar-refractivity contribution is -0.385. The Labute approximate surface area is 126 Å². The fraction of sp³-hybridized carbons (Fsp3) is 0.133. The molecule has 0 bridgehead atoms. The second kappa shape index (κ2) is 6.68. The molecule has 0 aliphatic carbocycles. The molecule has 7 heteroatoms. The van der Waals surface area contributed by atoms with Gasteiger partial charge in [0.1, 0.15) is 0 Å². The average molecular weight is 302 g/mol. The van der Waals surface area contributed by atoms with E-state index in [-0.39, 0.29) is 23.6 Å². The SMILES string of the molecule is COc1ccc(C(=O)Nc2cccc(CO)c2)cc1[N+](=O)[O-]. The highest BCUT2D eigenvalue weighted by Gasteiger charge is 2.18. The summed E-state index contributed by atoms with van der Waals surface area (Å²) in [5.41, 5.74) is 1.01. The molecule has 0 aliphatic rings. The largest absolute Gasteiger partial charge is 0.490 e. The molecule has 0 spiro atoms. The standard InChI is InChI=1S/C15H14N2O5/c1-22-14-6-5-11(8-13(14)17(20)21)15(19)16-12-4-2-3-10(7-12)9-18/h2-8,18H,9H2,1H3,(H,16,19). The van der Waals surface area contributed by atoms with Gasteiger partial charge in [-0.05, 0) is 29.8 Å². The number of nitro groups is 1. The van der Waals surface area contributed by atoms with Gasteiger partial charge in [0.15, 0.2) is 5.75 Å². The number of ether oxygens (including phenoxy) is 1. The molecule has 0 aromatic heterocycles. The van der Waals surface area contributed by atoms with Crippen molar-refractivity contribution in [2.75, 3.05) is 12.4 Å². The second-order valence-electron chi connectivity index (χ2n) is 4.46. The summed E-state index contributed by atoms with van der Waals surface area (Å²) in [5.74, 6) is -0.398. The number of aliphatic hydroxyl groups is 1. The first-order valence-electron chi connectivity index (χ1n) is 6.38. The monoisotopic (exact) mass is 302 g/mol. The van der Waals surface area contributed by atoms with Crippen LogP contribution in [0.15, 0.2) is 42.5 Å².